The van der Waals surface area contributed by atoms with Crippen LogP contribution in [0.3, 0.4) is 0 Å². The molecule has 0 bridgehead atoms. The van der Waals surface area contributed by atoms with Gasteiger partial charge in [0.25, 0.3) is 5.56 Å². The summed E-state index contributed by atoms with van der Waals surface area (Å²) in [5.74, 6) is 0. The molecule has 0 aliphatic rings. The van der Waals surface area contributed by atoms with E-state index in [0.29, 0.717) is 4.77 Å². The predicted molar refractivity (Wildman–Crippen MR) is 102 cm³/mol. The summed E-state index contributed by atoms with van der Waals surface area (Å²) >= 11 is 5.43. The molecule has 0 spiro atoms. The van der Waals surface area contributed by atoms with Crippen molar-refractivity contribution in [2.24, 2.45) is 0 Å². The second-order valence-electron chi connectivity index (χ2n) is 6.13. The maximum atomic E-state index is 12.0. The molecule has 2 heterocycles. The number of nitrogens with zero attached hydrogens (tertiary/aromatic N) is 1. The monoisotopic (exact) mass is 341 g/mol. The Bertz CT molecular complexity index is 935. The van der Waals surface area contributed by atoms with Gasteiger partial charge in [0.2, 0.25) is 0 Å². The lowest BCUT2D eigenvalue weighted by Gasteiger charge is -2.14. The molecule has 0 amide bonds. The molecule has 2 aromatic heterocycles. The molecule has 126 valence electrons. The molecular weight excluding hydrogens is 318 g/mol. The lowest BCUT2D eigenvalue weighted by Crippen LogP contribution is -2.15. The normalized spacial score (nSPS) is 11.2. The highest BCUT2D eigenvalue weighted by Crippen LogP contribution is 2.27. The number of unbranched alkanes of at least 4 members (excludes halogenated alkanes) is 4. The highest BCUT2D eigenvalue weighted by Gasteiger charge is 2.10. The summed E-state index contributed by atoms with van der Waals surface area (Å²) < 4.78 is 2.56. The highest BCUT2D eigenvalue weighted by molar-refractivity contribution is 7.71. The van der Waals surface area contributed by atoms with Crippen LogP contribution in [0, 0.1) is 4.77 Å². The minimum absolute atomic E-state index is 0.148. The second kappa shape index (κ2) is 7.62. The number of H-pyrrole nitrogens is 2. The van der Waals surface area contributed by atoms with E-state index in [2.05, 4.69) is 21.5 Å². The summed E-state index contributed by atoms with van der Waals surface area (Å²) in [6, 6.07) is 9.79. The van der Waals surface area contributed by atoms with Gasteiger partial charge >= 0.3 is 0 Å². The molecule has 0 aliphatic heterocycles. The van der Waals surface area contributed by atoms with Crippen LogP contribution in [0.5, 0.6) is 0 Å². The van der Waals surface area contributed by atoms with Crippen LogP contribution < -0.4 is 5.56 Å². The highest BCUT2D eigenvalue weighted by atomic mass is 32.1. The van der Waals surface area contributed by atoms with E-state index in [1.165, 1.54) is 25.7 Å². The first-order valence-corrected chi connectivity index (χ1v) is 9.02. The van der Waals surface area contributed by atoms with Crippen molar-refractivity contribution in [3.63, 3.8) is 0 Å². The van der Waals surface area contributed by atoms with Crippen LogP contribution in [0.15, 0.2) is 41.3 Å². The minimum atomic E-state index is -0.148. The van der Waals surface area contributed by atoms with Gasteiger partial charge in [-0.15, -0.1) is 0 Å². The third-order valence-electron chi connectivity index (χ3n) is 4.39. The van der Waals surface area contributed by atoms with Gasteiger partial charge in [0.05, 0.1) is 5.69 Å². The lowest BCUT2D eigenvalue weighted by atomic mass is 10.1. The lowest BCUT2D eigenvalue weighted by molar-refractivity contribution is 0.560. The Morgan fingerprint density at radius 2 is 1.96 bits per heavy atom. The average Bonchev–Trinajstić information content (AvgIpc) is 3.04. The number of nitrogens with one attached hydrogen (secondary N) is 2. The Hall–Kier alpha value is -2.14. The topological polar surface area (TPSA) is 53.6 Å². The molecule has 3 aromatic rings. The molecule has 3 rings (SSSR count). The smallest absolute Gasteiger partial charge is 0.252 e. The summed E-state index contributed by atoms with van der Waals surface area (Å²) in [4.78, 5) is 18.0. The molecule has 0 saturated heterocycles. The van der Waals surface area contributed by atoms with Crippen LogP contribution in [-0.2, 0) is 6.54 Å². The summed E-state index contributed by atoms with van der Waals surface area (Å²) in [6.07, 6.45) is 7.92. The van der Waals surface area contributed by atoms with Gasteiger partial charge in [0.15, 0.2) is 4.77 Å². The third-order valence-corrected chi connectivity index (χ3v) is 4.71. The fourth-order valence-electron chi connectivity index (χ4n) is 3.15. The molecule has 0 fully saturated rings. The second-order valence-corrected chi connectivity index (χ2v) is 6.52. The van der Waals surface area contributed by atoms with Gasteiger partial charge in [-0.2, -0.15) is 0 Å². The molecule has 4 nitrogen and oxygen atoms in total. The van der Waals surface area contributed by atoms with E-state index in [4.69, 9.17) is 12.2 Å². The number of aromatic amines is 2. The van der Waals surface area contributed by atoms with Crippen molar-refractivity contribution in [1.82, 2.24) is 14.5 Å². The number of fused-ring (bicyclic) bond motifs is 1. The molecule has 0 unspecified atom stereocenters. The molecule has 24 heavy (non-hydrogen) atoms. The van der Waals surface area contributed by atoms with Crippen molar-refractivity contribution >= 4 is 23.1 Å². The predicted octanol–water partition coefficient (Wildman–Crippen LogP) is 5.02. The van der Waals surface area contributed by atoms with E-state index in [0.717, 1.165) is 35.1 Å². The molecule has 0 radical (unpaired) electrons. The largest absolute Gasteiger partial charge is 0.361 e. The Balaban J connectivity index is 1.99. The Kier molecular flexibility index (Phi) is 5.30. The first kappa shape index (κ1) is 16.7. The van der Waals surface area contributed by atoms with Crippen LogP contribution in [-0.4, -0.2) is 14.5 Å². The zero-order valence-electron chi connectivity index (χ0n) is 14.0. The number of aromatic nitrogens is 3. The van der Waals surface area contributed by atoms with Crippen molar-refractivity contribution in [3.05, 3.63) is 51.7 Å². The van der Waals surface area contributed by atoms with Gasteiger partial charge < -0.3 is 9.55 Å². The summed E-state index contributed by atoms with van der Waals surface area (Å²) in [6.45, 7) is 3.04. The van der Waals surface area contributed by atoms with Gasteiger partial charge in [0, 0.05) is 35.3 Å². The van der Waals surface area contributed by atoms with Crippen LogP contribution in [0.1, 0.15) is 39.0 Å². The van der Waals surface area contributed by atoms with Crippen molar-refractivity contribution in [1.29, 1.82) is 0 Å². The number of hydrogen-bond donors (Lipinski definition) is 2. The van der Waals surface area contributed by atoms with Crippen LogP contribution in [0.25, 0.3) is 22.2 Å². The van der Waals surface area contributed by atoms with Gasteiger partial charge in [-0.1, -0.05) is 44.7 Å². The number of benzene rings is 1. The molecule has 0 aliphatic carbocycles. The van der Waals surface area contributed by atoms with E-state index in [1.54, 1.807) is 6.07 Å². The van der Waals surface area contributed by atoms with E-state index in [9.17, 15) is 4.79 Å². The van der Waals surface area contributed by atoms with Gasteiger partial charge in [-0.25, -0.2) is 0 Å². The van der Waals surface area contributed by atoms with Crippen molar-refractivity contribution in [2.45, 2.75) is 45.6 Å². The summed E-state index contributed by atoms with van der Waals surface area (Å²) in [7, 11) is 0. The first-order valence-electron chi connectivity index (χ1n) is 8.61. The zero-order chi connectivity index (χ0) is 16.9. The van der Waals surface area contributed by atoms with Gasteiger partial charge in [-0.3, -0.25) is 9.78 Å². The summed E-state index contributed by atoms with van der Waals surface area (Å²) in [5.41, 5.74) is 2.85. The van der Waals surface area contributed by atoms with Crippen LogP contribution in [0.2, 0.25) is 0 Å². The van der Waals surface area contributed by atoms with Gasteiger partial charge in [-0.05, 0) is 30.8 Å². The Morgan fingerprint density at radius 3 is 2.79 bits per heavy atom. The number of hydrogen-bond acceptors (Lipinski definition) is 2. The van der Waals surface area contributed by atoms with Crippen molar-refractivity contribution in [3.8, 4) is 11.3 Å². The molecule has 1 aromatic carbocycles. The maximum Gasteiger partial charge on any atom is 0.252 e. The van der Waals surface area contributed by atoms with E-state index in [-0.39, 0.29) is 5.56 Å². The fraction of sp³-hybridized carbons (Fsp3) is 0.368. The van der Waals surface area contributed by atoms with E-state index < -0.39 is 0 Å². The van der Waals surface area contributed by atoms with Gasteiger partial charge in [0.1, 0.15) is 0 Å². The fourth-order valence-corrected chi connectivity index (χ4v) is 3.44. The quantitative estimate of drug-likeness (QED) is 0.468. The molecule has 0 saturated carbocycles. The van der Waals surface area contributed by atoms with E-state index in [1.807, 2.05) is 30.5 Å². The maximum absolute atomic E-state index is 12.0. The minimum Gasteiger partial charge on any atom is -0.361 e. The molecule has 0 atom stereocenters. The summed E-state index contributed by atoms with van der Waals surface area (Å²) in [5, 5.41) is 1.11. The van der Waals surface area contributed by atoms with E-state index >= 15 is 0 Å². The van der Waals surface area contributed by atoms with Crippen molar-refractivity contribution in [2.75, 3.05) is 0 Å². The zero-order valence-corrected chi connectivity index (χ0v) is 14.8. The Labute approximate surface area is 146 Å². The van der Waals surface area contributed by atoms with Crippen molar-refractivity contribution < 1.29 is 0 Å². The van der Waals surface area contributed by atoms with Crippen LogP contribution >= 0.6 is 12.2 Å². The Morgan fingerprint density at radius 1 is 1.12 bits per heavy atom. The molecular formula is C19H23N3OS. The molecule has 5 heteroatoms. The number of rotatable bonds is 7. The van der Waals surface area contributed by atoms with Crippen LogP contribution in [0.4, 0.5) is 0 Å². The first-order chi connectivity index (χ1) is 11.7. The third kappa shape index (κ3) is 3.51. The SMILES string of the molecule is CCCCCCCn1c(-c2cccc3[nH]ccc23)cc(=O)[nH]c1=S. The average molecular weight is 341 g/mol. The molecule has 2 N–H and O–H groups in total. The standard InChI is InChI=1S/C19H23N3OS/c1-2-3-4-5-6-12-22-17(13-18(23)21-19(22)24)15-8-7-9-16-14(15)10-11-20-16/h7-11,13,20H,2-6,12H2,1H3,(H,21,23,24).